The number of hydrogen-bond donors (Lipinski definition) is 1. The monoisotopic (exact) mass is 352 g/mol. The number of carbonyl (C=O) groups is 2. The largest absolute Gasteiger partial charge is 0.342 e. The van der Waals surface area contributed by atoms with Gasteiger partial charge in [0.1, 0.15) is 5.69 Å². The predicted molar refractivity (Wildman–Crippen MR) is 96.0 cm³/mol. The molecule has 134 valence electrons. The van der Waals surface area contributed by atoms with Crippen LogP contribution < -0.4 is 10.9 Å². The van der Waals surface area contributed by atoms with Crippen LogP contribution in [0.3, 0.4) is 0 Å². The fraction of sp³-hybridized carbons (Fsp3) is 0.368. The van der Waals surface area contributed by atoms with Gasteiger partial charge in [0.25, 0.3) is 11.5 Å². The minimum absolute atomic E-state index is 0.0803. The minimum atomic E-state index is -0.330. The van der Waals surface area contributed by atoms with E-state index in [0.717, 1.165) is 12.1 Å². The van der Waals surface area contributed by atoms with E-state index in [-0.39, 0.29) is 34.9 Å². The highest BCUT2D eigenvalue weighted by molar-refractivity contribution is 6.04. The van der Waals surface area contributed by atoms with Crippen molar-refractivity contribution in [3.05, 3.63) is 58.3 Å². The molecule has 2 aromatic heterocycles. The second-order valence-corrected chi connectivity index (χ2v) is 7.00. The van der Waals surface area contributed by atoms with Crippen molar-refractivity contribution in [2.75, 3.05) is 18.4 Å². The lowest BCUT2D eigenvalue weighted by Crippen LogP contribution is -2.48. The van der Waals surface area contributed by atoms with Gasteiger partial charge in [-0.2, -0.15) is 0 Å². The van der Waals surface area contributed by atoms with E-state index in [1.165, 1.54) is 12.4 Å². The molecule has 0 unspecified atom stereocenters. The first-order chi connectivity index (χ1) is 12.5. The lowest BCUT2D eigenvalue weighted by molar-refractivity contribution is -0.131. The molecule has 7 heteroatoms. The van der Waals surface area contributed by atoms with Crippen LogP contribution in [0.2, 0.25) is 0 Å². The maximum atomic E-state index is 12.9. The van der Waals surface area contributed by atoms with Crippen LogP contribution in [0.5, 0.6) is 0 Å². The van der Waals surface area contributed by atoms with Gasteiger partial charge in [0.15, 0.2) is 0 Å². The average Bonchev–Trinajstić information content (AvgIpc) is 2.65. The first-order valence-corrected chi connectivity index (χ1v) is 8.73. The van der Waals surface area contributed by atoms with Crippen LogP contribution in [0.25, 0.3) is 0 Å². The average molecular weight is 352 g/mol. The fourth-order valence-corrected chi connectivity index (χ4v) is 4.00. The molecule has 0 aliphatic carbocycles. The number of fused-ring (bicyclic) bond motifs is 4. The van der Waals surface area contributed by atoms with Crippen LogP contribution in [-0.4, -0.2) is 39.4 Å². The summed E-state index contributed by atoms with van der Waals surface area (Å²) >= 11 is 0. The van der Waals surface area contributed by atoms with E-state index >= 15 is 0 Å². The summed E-state index contributed by atoms with van der Waals surface area (Å²) in [5.41, 5.74) is 1.49. The highest BCUT2D eigenvalue weighted by Gasteiger charge is 2.35. The molecule has 4 rings (SSSR count). The first kappa shape index (κ1) is 16.5. The Morgan fingerprint density at radius 3 is 2.62 bits per heavy atom. The molecule has 1 fully saturated rings. The zero-order valence-corrected chi connectivity index (χ0v) is 14.5. The van der Waals surface area contributed by atoms with Crippen LogP contribution in [-0.2, 0) is 11.3 Å². The summed E-state index contributed by atoms with van der Waals surface area (Å²) in [5.74, 6) is 0.193. The van der Waals surface area contributed by atoms with Gasteiger partial charge in [-0.3, -0.25) is 19.4 Å². The van der Waals surface area contributed by atoms with Gasteiger partial charge in [0.2, 0.25) is 5.91 Å². The third kappa shape index (κ3) is 2.89. The molecule has 2 amide bonds. The molecule has 2 aliphatic rings. The fourth-order valence-electron chi connectivity index (χ4n) is 4.00. The Kier molecular flexibility index (Phi) is 4.06. The third-order valence-electron chi connectivity index (χ3n) is 5.24. The number of nitrogens with one attached hydrogen (secondary N) is 1. The third-order valence-corrected chi connectivity index (χ3v) is 5.24. The van der Waals surface area contributed by atoms with E-state index in [2.05, 4.69) is 10.3 Å². The Bertz CT molecular complexity index is 922. The van der Waals surface area contributed by atoms with Crippen molar-refractivity contribution in [2.45, 2.75) is 25.8 Å². The lowest BCUT2D eigenvalue weighted by atomic mass is 9.83. The zero-order valence-electron chi connectivity index (χ0n) is 14.5. The second kappa shape index (κ2) is 6.40. The molecule has 4 heterocycles. The standard InChI is InChI=1S/C19H20N4O3/c1-12(24)22-9-13-8-15(11-22)17-3-2-16(19(26)23(17)10-13)21-18(25)14-4-6-20-7-5-14/h2-7,13,15H,8-11H2,1H3,(H,21,25)/t13-,15-/m1/s1. The van der Waals surface area contributed by atoms with E-state index in [4.69, 9.17) is 0 Å². The van der Waals surface area contributed by atoms with Crippen LogP contribution in [0.4, 0.5) is 5.69 Å². The number of likely N-dealkylation sites (tertiary alicyclic amines) is 1. The summed E-state index contributed by atoms with van der Waals surface area (Å²) in [6, 6.07) is 6.77. The van der Waals surface area contributed by atoms with Gasteiger partial charge in [0.05, 0.1) is 0 Å². The van der Waals surface area contributed by atoms with Gasteiger partial charge in [-0.1, -0.05) is 0 Å². The van der Waals surface area contributed by atoms with E-state index in [1.807, 2.05) is 11.0 Å². The van der Waals surface area contributed by atoms with Crippen molar-refractivity contribution in [2.24, 2.45) is 5.92 Å². The number of rotatable bonds is 2. The van der Waals surface area contributed by atoms with Crippen LogP contribution in [0, 0.1) is 5.92 Å². The SMILES string of the molecule is CC(=O)N1C[C@H]2C[C@H](C1)c1ccc(NC(=O)c3ccncc3)c(=O)n1C2. The predicted octanol–water partition coefficient (Wildman–Crippen LogP) is 1.46. The summed E-state index contributed by atoms with van der Waals surface area (Å²) in [7, 11) is 0. The molecule has 0 saturated carbocycles. The number of amides is 2. The molecule has 0 spiro atoms. The summed E-state index contributed by atoms with van der Waals surface area (Å²) in [6.07, 6.45) is 4.07. The maximum Gasteiger partial charge on any atom is 0.274 e. The number of aromatic nitrogens is 2. The van der Waals surface area contributed by atoms with Crippen molar-refractivity contribution in [3.8, 4) is 0 Å². The molecule has 2 atom stereocenters. The van der Waals surface area contributed by atoms with Crippen LogP contribution in [0.1, 0.15) is 35.3 Å². The van der Waals surface area contributed by atoms with Gasteiger partial charge < -0.3 is 14.8 Å². The van der Waals surface area contributed by atoms with E-state index in [1.54, 1.807) is 29.7 Å². The highest BCUT2D eigenvalue weighted by Crippen LogP contribution is 2.35. The van der Waals surface area contributed by atoms with Crippen molar-refractivity contribution in [1.82, 2.24) is 14.5 Å². The number of piperidine rings is 1. The summed E-state index contributed by atoms with van der Waals surface area (Å²) in [4.78, 5) is 42.7. The van der Waals surface area contributed by atoms with E-state index in [9.17, 15) is 14.4 Å². The molecule has 2 aliphatic heterocycles. The summed E-state index contributed by atoms with van der Waals surface area (Å²) < 4.78 is 1.76. The number of pyridine rings is 2. The highest BCUT2D eigenvalue weighted by atomic mass is 16.2. The van der Waals surface area contributed by atoms with Crippen molar-refractivity contribution < 1.29 is 9.59 Å². The number of nitrogens with zero attached hydrogens (tertiary/aromatic N) is 3. The normalized spacial score (nSPS) is 21.0. The molecular weight excluding hydrogens is 332 g/mol. The van der Waals surface area contributed by atoms with Gasteiger partial charge in [-0.05, 0) is 36.6 Å². The van der Waals surface area contributed by atoms with E-state index < -0.39 is 0 Å². The van der Waals surface area contributed by atoms with Crippen LogP contribution in [0.15, 0.2) is 41.5 Å². The molecule has 1 N–H and O–H groups in total. The number of carbonyl (C=O) groups excluding carboxylic acids is 2. The Morgan fingerprint density at radius 2 is 1.88 bits per heavy atom. The molecule has 0 aromatic carbocycles. The maximum absolute atomic E-state index is 12.9. The molecule has 2 aromatic rings. The molecule has 7 nitrogen and oxygen atoms in total. The first-order valence-electron chi connectivity index (χ1n) is 8.73. The molecular formula is C19H20N4O3. The summed E-state index contributed by atoms with van der Waals surface area (Å²) in [6.45, 7) is 3.50. The van der Waals surface area contributed by atoms with E-state index in [0.29, 0.717) is 25.2 Å². The quantitative estimate of drug-likeness (QED) is 0.887. The molecule has 1 saturated heterocycles. The van der Waals surface area contributed by atoms with Crippen molar-refractivity contribution in [3.63, 3.8) is 0 Å². The molecule has 26 heavy (non-hydrogen) atoms. The second-order valence-electron chi connectivity index (χ2n) is 7.00. The Balaban J connectivity index is 1.62. The topological polar surface area (TPSA) is 84.3 Å². The summed E-state index contributed by atoms with van der Waals surface area (Å²) in [5, 5.41) is 2.70. The minimum Gasteiger partial charge on any atom is -0.342 e. The Labute approximate surface area is 150 Å². The van der Waals surface area contributed by atoms with Crippen molar-refractivity contribution in [1.29, 1.82) is 0 Å². The Morgan fingerprint density at radius 1 is 1.12 bits per heavy atom. The van der Waals surface area contributed by atoms with Gasteiger partial charge >= 0.3 is 0 Å². The van der Waals surface area contributed by atoms with Crippen molar-refractivity contribution >= 4 is 17.5 Å². The lowest BCUT2D eigenvalue weighted by Gasteiger charge is -2.42. The number of anilines is 1. The van der Waals surface area contributed by atoms with Gasteiger partial charge in [0, 0.05) is 56.1 Å². The zero-order chi connectivity index (χ0) is 18.3. The van der Waals surface area contributed by atoms with Gasteiger partial charge in [-0.15, -0.1) is 0 Å². The smallest absolute Gasteiger partial charge is 0.274 e. The Hall–Kier alpha value is -2.96. The number of hydrogen-bond acceptors (Lipinski definition) is 4. The van der Waals surface area contributed by atoms with Crippen LogP contribution >= 0.6 is 0 Å². The van der Waals surface area contributed by atoms with Gasteiger partial charge in [-0.25, -0.2) is 0 Å². The molecule has 2 bridgehead atoms. The molecule has 0 radical (unpaired) electrons.